The van der Waals surface area contributed by atoms with Gasteiger partial charge in [-0.15, -0.1) is 0 Å². The van der Waals surface area contributed by atoms with Crippen molar-refractivity contribution in [1.82, 2.24) is 10.2 Å². The Bertz CT molecular complexity index is 853. The quantitative estimate of drug-likeness (QED) is 0.660. The van der Waals surface area contributed by atoms with Crippen LogP contribution in [0.2, 0.25) is 0 Å². The third kappa shape index (κ3) is 4.72. The van der Waals surface area contributed by atoms with E-state index in [0.717, 1.165) is 41.3 Å². The molecule has 0 radical (unpaired) electrons. The molecule has 0 atom stereocenters. The van der Waals surface area contributed by atoms with E-state index in [1.807, 2.05) is 57.3 Å². The van der Waals surface area contributed by atoms with Gasteiger partial charge in [0.2, 0.25) is 5.91 Å². The van der Waals surface area contributed by atoms with Gasteiger partial charge in [-0.3, -0.25) is 9.59 Å². The standard InChI is InChI=1S/C24H29BrN2O2/c1-17(2)27(3)22(28)19-8-6-18(7-9-19)16-26-23(29)24(14-4-5-15-24)20-10-12-21(25)13-11-20/h6-13,17H,4-5,14-16H2,1-3H3,(H,26,29). The zero-order valence-corrected chi connectivity index (χ0v) is 19.0. The normalized spacial score (nSPS) is 15.3. The lowest BCUT2D eigenvalue weighted by atomic mass is 9.78. The SMILES string of the molecule is CC(C)N(C)C(=O)c1ccc(CNC(=O)C2(c3ccc(Br)cc3)CCCC2)cc1. The van der Waals surface area contributed by atoms with Crippen molar-refractivity contribution in [3.8, 4) is 0 Å². The fraction of sp³-hybridized carbons (Fsp3) is 0.417. The summed E-state index contributed by atoms with van der Waals surface area (Å²) in [6.07, 6.45) is 3.91. The summed E-state index contributed by atoms with van der Waals surface area (Å²) in [5.74, 6) is 0.104. The summed E-state index contributed by atoms with van der Waals surface area (Å²) in [7, 11) is 1.81. The lowest BCUT2D eigenvalue weighted by Gasteiger charge is -2.28. The summed E-state index contributed by atoms with van der Waals surface area (Å²) in [4.78, 5) is 27.3. The first-order chi connectivity index (χ1) is 13.8. The molecule has 2 aromatic carbocycles. The van der Waals surface area contributed by atoms with E-state index in [0.29, 0.717) is 12.1 Å². The molecule has 4 nitrogen and oxygen atoms in total. The van der Waals surface area contributed by atoms with Gasteiger partial charge in [-0.2, -0.15) is 0 Å². The van der Waals surface area contributed by atoms with Gasteiger partial charge >= 0.3 is 0 Å². The molecule has 0 aromatic heterocycles. The first kappa shape index (κ1) is 21.6. The molecule has 1 saturated carbocycles. The summed E-state index contributed by atoms with van der Waals surface area (Å²) in [5, 5.41) is 3.14. The molecule has 0 heterocycles. The largest absolute Gasteiger partial charge is 0.351 e. The molecule has 1 fully saturated rings. The highest BCUT2D eigenvalue weighted by Crippen LogP contribution is 2.41. The Morgan fingerprint density at radius 3 is 2.17 bits per heavy atom. The molecule has 2 aromatic rings. The van der Waals surface area contributed by atoms with Crippen LogP contribution in [0.25, 0.3) is 0 Å². The van der Waals surface area contributed by atoms with Gasteiger partial charge in [0.25, 0.3) is 5.91 Å². The van der Waals surface area contributed by atoms with E-state index < -0.39 is 5.41 Å². The number of nitrogens with zero attached hydrogens (tertiary/aromatic N) is 1. The van der Waals surface area contributed by atoms with Gasteiger partial charge in [0.15, 0.2) is 0 Å². The van der Waals surface area contributed by atoms with E-state index in [1.165, 1.54) is 0 Å². The smallest absolute Gasteiger partial charge is 0.253 e. The predicted molar refractivity (Wildman–Crippen MR) is 120 cm³/mol. The minimum Gasteiger partial charge on any atom is -0.351 e. The molecular formula is C24H29BrN2O2. The van der Waals surface area contributed by atoms with Crippen LogP contribution in [0, 0.1) is 0 Å². The lowest BCUT2D eigenvalue weighted by molar-refractivity contribution is -0.126. The van der Waals surface area contributed by atoms with Gasteiger partial charge in [-0.05, 0) is 62.1 Å². The fourth-order valence-corrected chi connectivity index (χ4v) is 4.21. The van der Waals surface area contributed by atoms with Crippen LogP contribution in [0.5, 0.6) is 0 Å². The topological polar surface area (TPSA) is 49.4 Å². The molecule has 2 amide bonds. The molecule has 0 unspecified atom stereocenters. The molecule has 0 aliphatic heterocycles. The maximum atomic E-state index is 13.2. The van der Waals surface area contributed by atoms with Gasteiger partial charge in [0, 0.05) is 29.7 Å². The number of rotatable bonds is 6. The molecule has 154 valence electrons. The van der Waals surface area contributed by atoms with E-state index in [1.54, 1.807) is 4.90 Å². The van der Waals surface area contributed by atoms with Crippen LogP contribution < -0.4 is 5.32 Å². The van der Waals surface area contributed by atoms with Crippen molar-refractivity contribution >= 4 is 27.7 Å². The molecule has 29 heavy (non-hydrogen) atoms. The third-order valence-corrected chi connectivity index (χ3v) is 6.57. The van der Waals surface area contributed by atoms with Crippen molar-refractivity contribution < 1.29 is 9.59 Å². The zero-order valence-electron chi connectivity index (χ0n) is 17.4. The maximum absolute atomic E-state index is 13.2. The van der Waals surface area contributed by atoms with Crippen LogP contribution in [0.15, 0.2) is 53.0 Å². The second-order valence-corrected chi connectivity index (χ2v) is 9.10. The molecular weight excluding hydrogens is 428 g/mol. The Kier molecular flexibility index (Phi) is 6.78. The molecule has 1 aliphatic rings. The fourth-order valence-electron chi connectivity index (χ4n) is 3.95. The average molecular weight is 457 g/mol. The Morgan fingerprint density at radius 2 is 1.62 bits per heavy atom. The number of benzene rings is 2. The van der Waals surface area contributed by atoms with Gasteiger partial charge in [-0.1, -0.05) is 53.0 Å². The molecule has 0 bridgehead atoms. The summed E-state index contributed by atoms with van der Waals surface area (Å²) in [5.41, 5.74) is 2.31. The third-order valence-electron chi connectivity index (χ3n) is 6.04. The first-order valence-corrected chi connectivity index (χ1v) is 11.0. The Hall–Kier alpha value is -2.14. The second-order valence-electron chi connectivity index (χ2n) is 8.19. The molecule has 1 N–H and O–H groups in total. The van der Waals surface area contributed by atoms with Crippen LogP contribution in [-0.4, -0.2) is 29.8 Å². The van der Waals surface area contributed by atoms with Crippen molar-refractivity contribution in [2.75, 3.05) is 7.05 Å². The van der Waals surface area contributed by atoms with E-state index in [4.69, 9.17) is 0 Å². The number of nitrogens with one attached hydrogen (secondary N) is 1. The summed E-state index contributed by atoms with van der Waals surface area (Å²) >= 11 is 3.48. The van der Waals surface area contributed by atoms with Crippen molar-refractivity contribution in [3.05, 3.63) is 69.7 Å². The minimum atomic E-state index is -0.434. The summed E-state index contributed by atoms with van der Waals surface area (Å²) in [6.45, 7) is 4.45. The van der Waals surface area contributed by atoms with Crippen molar-refractivity contribution in [2.24, 2.45) is 0 Å². The van der Waals surface area contributed by atoms with E-state index in [-0.39, 0.29) is 17.9 Å². The van der Waals surface area contributed by atoms with Crippen LogP contribution in [0.1, 0.15) is 61.0 Å². The van der Waals surface area contributed by atoms with E-state index in [9.17, 15) is 9.59 Å². The monoisotopic (exact) mass is 456 g/mol. The minimum absolute atomic E-state index is 0.00994. The Morgan fingerprint density at radius 1 is 1.03 bits per heavy atom. The highest BCUT2D eigenvalue weighted by molar-refractivity contribution is 9.10. The number of amides is 2. The number of hydrogen-bond acceptors (Lipinski definition) is 2. The highest BCUT2D eigenvalue weighted by atomic mass is 79.9. The number of halogens is 1. The van der Waals surface area contributed by atoms with Crippen molar-refractivity contribution in [1.29, 1.82) is 0 Å². The Labute approximate surface area is 181 Å². The highest BCUT2D eigenvalue weighted by Gasteiger charge is 2.42. The number of carbonyl (C=O) groups excluding carboxylic acids is 2. The van der Waals surface area contributed by atoms with Crippen LogP contribution >= 0.6 is 15.9 Å². The zero-order chi connectivity index (χ0) is 21.0. The first-order valence-electron chi connectivity index (χ1n) is 10.2. The lowest BCUT2D eigenvalue weighted by Crippen LogP contribution is -2.42. The molecule has 5 heteroatoms. The number of carbonyl (C=O) groups is 2. The Balaban J connectivity index is 1.68. The molecule has 0 spiro atoms. The van der Waals surface area contributed by atoms with Crippen molar-refractivity contribution in [2.45, 2.75) is 57.5 Å². The molecule has 3 rings (SSSR count). The summed E-state index contributed by atoms with van der Waals surface area (Å²) < 4.78 is 1.02. The van der Waals surface area contributed by atoms with Gasteiger partial charge < -0.3 is 10.2 Å². The van der Waals surface area contributed by atoms with Gasteiger partial charge in [-0.25, -0.2) is 0 Å². The van der Waals surface area contributed by atoms with Crippen molar-refractivity contribution in [3.63, 3.8) is 0 Å². The van der Waals surface area contributed by atoms with Crippen LogP contribution in [0.4, 0.5) is 0 Å². The number of hydrogen-bond donors (Lipinski definition) is 1. The summed E-state index contributed by atoms with van der Waals surface area (Å²) in [6, 6.07) is 15.8. The van der Waals surface area contributed by atoms with Crippen LogP contribution in [0.3, 0.4) is 0 Å². The van der Waals surface area contributed by atoms with Gasteiger partial charge in [0.1, 0.15) is 0 Å². The second kappa shape index (κ2) is 9.12. The molecule has 0 saturated heterocycles. The predicted octanol–water partition coefficient (Wildman–Crippen LogP) is 5.06. The maximum Gasteiger partial charge on any atom is 0.253 e. The van der Waals surface area contributed by atoms with Gasteiger partial charge in [0.05, 0.1) is 5.41 Å². The van der Waals surface area contributed by atoms with E-state index in [2.05, 4.69) is 33.4 Å². The van der Waals surface area contributed by atoms with E-state index >= 15 is 0 Å². The molecule has 1 aliphatic carbocycles. The average Bonchev–Trinajstić information content (AvgIpc) is 3.23. The van der Waals surface area contributed by atoms with Crippen LogP contribution in [-0.2, 0) is 16.8 Å².